The molecule has 0 spiro atoms. The monoisotopic (exact) mass is 294 g/mol. The van der Waals surface area contributed by atoms with Crippen molar-refractivity contribution < 1.29 is 4.74 Å². The Morgan fingerprint density at radius 2 is 2.10 bits per heavy atom. The van der Waals surface area contributed by atoms with Crippen LogP contribution in [0.2, 0.25) is 0 Å². The molecule has 8 heteroatoms. The number of aromatic nitrogens is 4. The standard InChI is InChI=1S/C12H18N6OS/c1-5-19-12-16-10(13-3)15-11(17-12)18(4)6-9-7-20-8(2)14-9/h7H,5-6H2,1-4H3,(H,13,15,16,17). The van der Waals surface area contributed by atoms with Crippen LogP contribution in [0.4, 0.5) is 11.9 Å². The van der Waals surface area contributed by atoms with E-state index in [2.05, 4.69) is 25.3 Å². The predicted molar refractivity (Wildman–Crippen MR) is 79.5 cm³/mol. The van der Waals surface area contributed by atoms with E-state index in [4.69, 9.17) is 4.74 Å². The fourth-order valence-electron chi connectivity index (χ4n) is 1.62. The summed E-state index contributed by atoms with van der Waals surface area (Å²) < 4.78 is 5.35. The van der Waals surface area contributed by atoms with Crippen molar-refractivity contribution in [2.45, 2.75) is 20.4 Å². The molecular weight excluding hydrogens is 276 g/mol. The summed E-state index contributed by atoms with van der Waals surface area (Å²) in [6, 6.07) is 0.322. The van der Waals surface area contributed by atoms with Crippen molar-refractivity contribution in [2.24, 2.45) is 0 Å². The summed E-state index contributed by atoms with van der Waals surface area (Å²) in [6.07, 6.45) is 0. The Hall–Kier alpha value is -1.96. The minimum Gasteiger partial charge on any atom is -0.464 e. The number of hydrogen-bond acceptors (Lipinski definition) is 8. The number of aryl methyl sites for hydroxylation is 1. The molecule has 0 aliphatic carbocycles. The maximum absolute atomic E-state index is 5.35. The number of rotatable bonds is 6. The first-order valence-corrected chi connectivity index (χ1v) is 7.19. The fraction of sp³-hybridized carbons (Fsp3) is 0.500. The van der Waals surface area contributed by atoms with E-state index < -0.39 is 0 Å². The molecule has 0 aliphatic heterocycles. The summed E-state index contributed by atoms with van der Waals surface area (Å²) in [6.45, 7) is 5.04. The van der Waals surface area contributed by atoms with Crippen LogP contribution in [-0.4, -0.2) is 40.6 Å². The molecule has 20 heavy (non-hydrogen) atoms. The van der Waals surface area contributed by atoms with Gasteiger partial charge in [-0.2, -0.15) is 15.0 Å². The van der Waals surface area contributed by atoms with E-state index >= 15 is 0 Å². The topological polar surface area (TPSA) is 76.1 Å². The summed E-state index contributed by atoms with van der Waals surface area (Å²) >= 11 is 1.63. The van der Waals surface area contributed by atoms with Gasteiger partial charge in [0.2, 0.25) is 11.9 Å². The first-order valence-electron chi connectivity index (χ1n) is 6.31. The molecule has 7 nitrogen and oxygen atoms in total. The molecule has 1 N–H and O–H groups in total. The van der Waals surface area contributed by atoms with Gasteiger partial charge < -0.3 is 15.0 Å². The maximum Gasteiger partial charge on any atom is 0.323 e. The highest BCUT2D eigenvalue weighted by Gasteiger charge is 2.12. The largest absolute Gasteiger partial charge is 0.464 e. The normalized spacial score (nSPS) is 10.4. The average Bonchev–Trinajstić information content (AvgIpc) is 2.84. The molecule has 0 bridgehead atoms. The van der Waals surface area contributed by atoms with E-state index in [0.717, 1.165) is 10.7 Å². The smallest absolute Gasteiger partial charge is 0.323 e. The van der Waals surface area contributed by atoms with Gasteiger partial charge in [-0.3, -0.25) is 0 Å². The lowest BCUT2D eigenvalue weighted by atomic mass is 10.4. The van der Waals surface area contributed by atoms with Gasteiger partial charge in [-0.1, -0.05) is 0 Å². The number of ether oxygens (including phenoxy) is 1. The van der Waals surface area contributed by atoms with Crippen LogP contribution in [-0.2, 0) is 6.54 Å². The number of nitrogens with zero attached hydrogens (tertiary/aromatic N) is 5. The highest BCUT2D eigenvalue weighted by molar-refractivity contribution is 7.09. The highest BCUT2D eigenvalue weighted by Crippen LogP contribution is 2.17. The second-order valence-corrected chi connectivity index (χ2v) is 5.20. The van der Waals surface area contributed by atoms with Crippen LogP contribution in [0.25, 0.3) is 0 Å². The number of anilines is 2. The summed E-state index contributed by atoms with van der Waals surface area (Å²) in [7, 11) is 3.68. The zero-order chi connectivity index (χ0) is 14.5. The van der Waals surface area contributed by atoms with Crippen LogP contribution in [0.3, 0.4) is 0 Å². The molecule has 108 valence electrons. The van der Waals surface area contributed by atoms with Gasteiger partial charge in [0.15, 0.2) is 0 Å². The number of nitrogens with one attached hydrogen (secondary N) is 1. The molecule has 2 heterocycles. The third kappa shape index (κ3) is 3.53. The summed E-state index contributed by atoms with van der Waals surface area (Å²) in [5.41, 5.74) is 0.999. The Morgan fingerprint density at radius 1 is 1.30 bits per heavy atom. The van der Waals surface area contributed by atoms with Gasteiger partial charge in [-0.15, -0.1) is 11.3 Å². The molecule has 0 saturated heterocycles. The lowest BCUT2D eigenvalue weighted by Gasteiger charge is -2.16. The van der Waals surface area contributed by atoms with Crippen LogP contribution < -0.4 is 15.0 Å². The molecule has 0 atom stereocenters. The molecule has 0 saturated carbocycles. The Labute approximate surface area is 122 Å². The highest BCUT2D eigenvalue weighted by atomic mass is 32.1. The molecule has 2 aromatic heterocycles. The SMILES string of the molecule is CCOc1nc(NC)nc(N(C)Cc2csc(C)n2)n1. The minimum absolute atomic E-state index is 0.322. The van der Waals surface area contributed by atoms with E-state index in [1.54, 1.807) is 18.4 Å². The lowest BCUT2D eigenvalue weighted by molar-refractivity contribution is 0.312. The third-order valence-electron chi connectivity index (χ3n) is 2.51. The zero-order valence-corrected chi connectivity index (χ0v) is 12.9. The second kappa shape index (κ2) is 6.47. The van der Waals surface area contributed by atoms with Gasteiger partial charge in [-0.05, 0) is 13.8 Å². The lowest BCUT2D eigenvalue weighted by Crippen LogP contribution is -2.20. The van der Waals surface area contributed by atoms with E-state index in [-0.39, 0.29) is 0 Å². The van der Waals surface area contributed by atoms with Crippen molar-refractivity contribution in [3.63, 3.8) is 0 Å². The molecule has 0 fully saturated rings. The van der Waals surface area contributed by atoms with Crippen molar-refractivity contribution in [3.8, 4) is 6.01 Å². The van der Waals surface area contributed by atoms with Gasteiger partial charge in [-0.25, -0.2) is 4.98 Å². The first kappa shape index (κ1) is 14.4. The summed E-state index contributed by atoms with van der Waals surface area (Å²) in [5, 5.41) is 5.99. The average molecular weight is 294 g/mol. The van der Waals surface area contributed by atoms with Gasteiger partial charge in [0.05, 0.1) is 23.9 Å². The van der Waals surface area contributed by atoms with Crippen LogP contribution in [0.15, 0.2) is 5.38 Å². The molecule has 2 aromatic rings. The molecule has 0 aliphatic rings. The van der Waals surface area contributed by atoms with E-state index in [1.165, 1.54) is 0 Å². The van der Waals surface area contributed by atoms with Crippen LogP contribution >= 0.6 is 11.3 Å². The van der Waals surface area contributed by atoms with E-state index in [0.29, 0.717) is 31.1 Å². The maximum atomic E-state index is 5.35. The van der Waals surface area contributed by atoms with Crippen molar-refractivity contribution >= 4 is 23.2 Å². The zero-order valence-electron chi connectivity index (χ0n) is 12.0. The van der Waals surface area contributed by atoms with Gasteiger partial charge in [0.1, 0.15) is 0 Å². The predicted octanol–water partition coefficient (Wildman–Crippen LogP) is 1.71. The van der Waals surface area contributed by atoms with E-state index in [9.17, 15) is 0 Å². The van der Waals surface area contributed by atoms with Gasteiger partial charge in [0.25, 0.3) is 0 Å². The van der Waals surface area contributed by atoms with Crippen LogP contribution in [0.1, 0.15) is 17.6 Å². The quantitative estimate of drug-likeness (QED) is 0.869. The summed E-state index contributed by atoms with van der Waals surface area (Å²) in [4.78, 5) is 19.1. The number of thiazole rings is 1. The fourth-order valence-corrected chi connectivity index (χ4v) is 2.22. The molecule has 0 amide bonds. The van der Waals surface area contributed by atoms with Crippen molar-refractivity contribution in [1.29, 1.82) is 0 Å². The molecule has 0 radical (unpaired) electrons. The third-order valence-corrected chi connectivity index (χ3v) is 3.33. The van der Waals surface area contributed by atoms with Gasteiger partial charge in [0, 0.05) is 19.5 Å². The van der Waals surface area contributed by atoms with Crippen molar-refractivity contribution in [2.75, 3.05) is 30.9 Å². The van der Waals surface area contributed by atoms with Crippen molar-refractivity contribution in [1.82, 2.24) is 19.9 Å². The van der Waals surface area contributed by atoms with Crippen LogP contribution in [0.5, 0.6) is 6.01 Å². The Morgan fingerprint density at radius 3 is 2.70 bits per heavy atom. The molecule has 0 aromatic carbocycles. The minimum atomic E-state index is 0.322. The first-order chi connectivity index (χ1) is 9.62. The summed E-state index contributed by atoms with van der Waals surface area (Å²) in [5.74, 6) is 1.04. The van der Waals surface area contributed by atoms with Crippen molar-refractivity contribution in [3.05, 3.63) is 16.1 Å². The Kier molecular flexibility index (Phi) is 4.67. The second-order valence-electron chi connectivity index (χ2n) is 4.14. The Bertz CT molecular complexity index is 573. The number of hydrogen-bond donors (Lipinski definition) is 1. The van der Waals surface area contributed by atoms with E-state index in [1.807, 2.05) is 31.2 Å². The van der Waals surface area contributed by atoms with Crippen LogP contribution in [0, 0.1) is 6.92 Å². The molecule has 2 rings (SSSR count). The molecule has 0 unspecified atom stereocenters. The Balaban J connectivity index is 2.19. The van der Waals surface area contributed by atoms with Gasteiger partial charge >= 0.3 is 6.01 Å². The molecular formula is C12H18N6OS.